The van der Waals surface area contributed by atoms with Crippen molar-refractivity contribution in [3.63, 3.8) is 0 Å². The van der Waals surface area contributed by atoms with Gasteiger partial charge < -0.3 is 4.79 Å². The molecule has 1 aromatic carbocycles. The van der Waals surface area contributed by atoms with Crippen LogP contribution in [0.4, 0.5) is 0 Å². The van der Waals surface area contributed by atoms with Crippen molar-refractivity contribution in [2.75, 3.05) is 0 Å². The SMILES string of the molecule is CC(=O)CCCC[Si]c1cccc(C)c1. The summed E-state index contributed by atoms with van der Waals surface area (Å²) in [4.78, 5) is 10.7. The second-order valence-corrected chi connectivity index (χ2v) is 5.39. The Bertz CT molecular complexity index is 320. The lowest BCUT2D eigenvalue weighted by Gasteiger charge is -2.01. The highest BCUT2D eigenvalue weighted by Gasteiger charge is 1.97. The average molecular weight is 218 g/mol. The van der Waals surface area contributed by atoms with Gasteiger partial charge in [-0.15, -0.1) is 0 Å². The number of aryl methyl sites for hydroxylation is 1. The number of rotatable bonds is 6. The third kappa shape index (κ3) is 5.53. The van der Waals surface area contributed by atoms with Crippen LogP contribution in [-0.2, 0) is 4.79 Å². The van der Waals surface area contributed by atoms with Crippen LogP contribution in [0, 0.1) is 6.92 Å². The molecule has 1 rings (SSSR count). The highest BCUT2D eigenvalue weighted by Crippen LogP contribution is 2.01. The minimum absolute atomic E-state index is 0.314. The van der Waals surface area contributed by atoms with Crippen LogP contribution in [0.25, 0.3) is 0 Å². The van der Waals surface area contributed by atoms with Gasteiger partial charge in [-0.3, -0.25) is 0 Å². The zero-order chi connectivity index (χ0) is 11.1. The molecule has 0 amide bonds. The minimum atomic E-state index is 0.314. The molecule has 0 aliphatic carbocycles. The Kier molecular flexibility index (Phi) is 5.33. The van der Waals surface area contributed by atoms with Crippen molar-refractivity contribution in [3.05, 3.63) is 29.8 Å². The van der Waals surface area contributed by atoms with Gasteiger partial charge in [0.15, 0.2) is 0 Å². The molecule has 0 bridgehead atoms. The molecule has 0 aromatic heterocycles. The van der Waals surface area contributed by atoms with Gasteiger partial charge in [-0.25, -0.2) is 0 Å². The molecule has 15 heavy (non-hydrogen) atoms. The number of unbranched alkanes of at least 4 members (excludes halogenated alkanes) is 1. The van der Waals surface area contributed by atoms with Gasteiger partial charge in [0.25, 0.3) is 0 Å². The largest absolute Gasteiger partial charge is 0.300 e. The fraction of sp³-hybridized carbons (Fsp3) is 0.462. The molecular weight excluding hydrogens is 200 g/mol. The molecular formula is C13H18OSi. The first-order valence-corrected chi connectivity index (χ1v) is 6.69. The lowest BCUT2D eigenvalue weighted by molar-refractivity contribution is -0.117. The topological polar surface area (TPSA) is 17.1 Å². The Morgan fingerprint density at radius 3 is 2.80 bits per heavy atom. The molecule has 2 radical (unpaired) electrons. The van der Waals surface area contributed by atoms with Gasteiger partial charge in [-0.2, -0.15) is 0 Å². The normalized spacial score (nSPS) is 10.3. The monoisotopic (exact) mass is 218 g/mol. The van der Waals surface area contributed by atoms with Crippen molar-refractivity contribution in [1.82, 2.24) is 0 Å². The van der Waals surface area contributed by atoms with Crippen LogP contribution in [0.5, 0.6) is 0 Å². The van der Waals surface area contributed by atoms with Crippen molar-refractivity contribution < 1.29 is 4.79 Å². The predicted molar refractivity (Wildman–Crippen MR) is 65.9 cm³/mol. The molecule has 0 aliphatic heterocycles. The number of Topliss-reactive ketones (excluding diaryl/α,β-unsaturated/α-hetero) is 1. The number of hydrogen-bond donors (Lipinski definition) is 0. The highest BCUT2D eigenvalue weighted by molar-refractivity contribution is 6.53. The molecule has 0 fully saturated rings. The number of hydrogen-bond acceptors (Lipinski definition) is 1. The van der Waals surface area contributed by atoms with E-state index in [-0.39, 0.29) is 0 Å². The molecule has 0 N–H and O–H groups in total. The maximum atomic E-state index is 10.7. The fourth-order valence-electron chi connectivity index (χ4n) is 1.49. The lowest BCUT2D eigenvalue weighted by atomic mass is 10.2. The van der Waals surface area contributed by atoms with Crippen LogP contribution in [-0.4, -0.2) is 15.3 Å². The number of ketones is 1. The molecule has 80 valence electrons. The van der Waals surface area contributed by atoms with Crippen LogP contribution >= 0.6 is 0 Å². The van der Waals surface area contributed by atoms with Gasteiger partial charge in [-0.05, 0) is 20.3 Å². The van der Waals surface area contributed by atoms with Gasteiger partial charge >= 0.3 is 0 Å². The Hall–Kier alpha value is -0.893. The van der Waals surface area contributed by atoms with E-state index in [1.165, 1.54) is 23.2 Å². The van der Waals surface area contributed by atoms with E-state index in [1.807, 2.05) is 0 Å². The second-order valence-electron chi connectivity index (χ2n) is 3.96. The third-order valence-electron chi connectivity index (χ3n) is 2.30. The molecule has 0 atom stereocenters. The fourth-order valence-corrected chi connectivity index (χ4v) is 2.75. The van der Waals surface area contributed by atoms with E-state index in [0.29, 0.717) is 5.78 Å². The summed E-state index contributed by atoms with van der Waals surface area (Å²) in [5.74, 6) is 0.314. The van der Waals surface area contributed by atoms with Crippen molar-refractivity contribution in [3.8, 4) is 0 Å². The molecule has 1 aromatic rings. The predicted octanol–water partition coefficient (Wildman–Crippen LogP) is 2.50. The molecule has 0 saturated carbocycles. The molecule has 0 spiro atoms. The molecule has 2 heteroatoms. The summed E-state index contributed by atoms with van der Waals surface area (Å²) in [5, 5.41) is 1.44. The standard InChI is InChI=1S/C13H18OSi/c1-11-6-5-8-13(10-11)15-9-4-3-7-12(2)14/h5-6,8,10H,3-4,7,9H2,1-2H3. The first-order valence-electron chi connectivity index (χ1n) is 5.48. The highest BCUT2D eigenvalue weighted by atomic mass is 28.2. The van der Waals surface area contributed by atoms with Crippen LogP contribution in [0.15, 0.2) is 24.3 Å². The van der Waals surface area contributed by atoms with Crippen LogP contribution in [0.3, 0.4) is 0 Å². The Morgan fingerprint density at radius 2 is 2.13 bits per heavy atom. The Labute approximate surface area is 94.7 Å². The maximum Gasteiger partial charge on any atom is 0.129 e. The quantitative estimate of drug-likeness (QED) is 0.529. The minimum Gasteiger partial charge on any atom is -0.300 e. The van der Waals surface area contributed by atoms with Crippen molar-refractivity contribution >= 4 is 20.5 Å². The number of carbonyl (C=O) groups is 1. The number of benzene rings is 1. The zero-order valence-corrected chi connectivity index (χ0v) is 10.5. The summed E-state index contributed by atoms with van der Waals surface area (Å²) in [6.45, 7) is 3.80. The average Bonchev–Trinajstić information content (AvgIpc) is 2.17. The summed E-state index contributed by atoms with van der Waals surface area (Å²) < 4.78 is 0. The van der Waals surface area contributed by atoms with Crippen molar-refractivity contribution in [2.45, 2.75) is 39.2 Å². The van der Waals surface area contributed by atoms with Crippen LogP contribution < -0.4 is 5.19 Å². The third-order valence-corrected chi connectivity index (χ3v) is 3.63. The van der Waals surface area contributed by atoms with E-state index < -0.39 is 0 Å². The number of carbonyl (C=O) groups excluding carboxylic acids is 1. The first kappa shape index (κ1) is 12.2. The summed E-state index contributed by atoms with van der Waals surface area (Å²) in [7, 11) is 0.893. The van der Waals surface area contributed by atoms with Gasteiger partial charge in [0, 0.05) is 6.42 Å². The van der Waals surface area contributed by atoms with E-state index in [1.54, 1.807) is 6.92 Å². The van der Waals surface area contributed by atoms with E-state index in [0.717, 1.165) is 22.4 Å². The summed E-state index contributed by atoms with van der Waals surface area (Å²) >= 11 is 0. The maximum absolute atomic E-state index is 10.7. The van der Waals surface area contributed by atoms with E-state index in [9.17, 15) is 4.79 Å². The Balaban J connectivity index is 2.17. The lowest BCUT2D eigenvalue weighted by Crippen LogP contribution is -2.13. The molecule has 1 nitrogen and oxygen atoms in total. The molecule has 0 heterocycles. The zero-order valence-electron chi connectivity index (χ0n) is 9.55. The smallest absolute Gasteiger partial charge is 0.129 e. The van der Waals surface area contributed by atoms with Gasteiger partial charge in [0.1, 0.15) is 5.78 Å². The second kappa shape index (κ2) is 6.56. The van der Waals surface area contributed by atoms with Gasteiger partial charge in [-0.1, -0.05) is 47.5 Å². The van der Waals surface area contributed by atoms with Gasteiger partial charge in [0.2, 0.25) is 0 Å². The van der Waals surface area contributed by atoms with Crippen molar-refractivity contribution in [1.29, 1.82) is 0 Å². The van der Waals surface area contributed by atoms with Crippen molar-refractivity contribution in [2.24, 2.45) is 0 Å². The van der Waals surface area contributed by atoms with Gasteiger partial charge in [0.05, 0.1) is 9.52 Å². The summed E-state index contributed by atoms with van der Waals surface area (Å²) in [6.07, 6.45) is 2.97. The molecule has 0 saturated heterocycles. The van der Waals surface area contributed by atoms with Crippen LogP contribution in [0.1, 0.15) is 31.7 Å². The molecule has 0 aliphatic rings. The van der Waals surface area contributed by atoms with E-state index in [2.05, 4.69) is 31.2 Å². The van der Waals surface area contributed by atoms with E-state index in [4.69, 9.17) is 0 Å². The molecule has 0 unspecified atom stereocenters. The first-order chi connectivity index (χ1) is 7.18. The Morgan fingerprint density at radius 1 is 1.33 bits per heavy atom. The summed E-state index contributed by atoms with van der Waals surface area (Å²) in [6, 6.07) is 9.91. The van der Waals surface area contributed by atoms with E-state index >= 15 is 0 Å². The summed E-state index contributed by atoms with van der Waals surface area (Å²) in [5.41, 5.74) is 1.34. The van der Waals surface area contributed by atoms with Crippen LogP contribution in [0.2, 0.25) is 6.04 Å².